The molecule has 2 aliphatic heterocycles. The molecule has 44 heavy (non-hydrogen) atoms. The number of hydrogen-bond acceptors (Lipinski definition) is 6. The number of aromatic carboxylic acids is 1. The van der Waals surface area contributed by atoms with Gasteiger partial charge in [0.2, 0.25) is 11.8 Å². The molecule has 3 aliphatic rings. The molecule has 1 aromatic rings. The molecule has 0 bridgehead atoms. The van der Waals surface area contributed by atoms with E-state index in [9.17, 15) is 27.2 Å². The number of nitrogens with zero attached hydrogens (tertiary/aromatic N) is 3. The summed E-state index contributed by atoms with van der Waals surface area (Å²) in [7, 11) is 0. The highest BCUT2D eigenvalue weighted by molar-refractivity contribution is 5.87. The Morgan fingerprint density at radius 1 is 0.932 bits per heavy atom. The van der Waals surface area contributed by atoms with Gasteiger partial charge in [0, 0.05) is 0 Å². The molecule has 250 valence electrons. The van der Waals surface area contributed by atoms with Crippen molar-refractivity contribution in [3.8, 4) is 5.88 Å². The zero-order valence-electron chi connectivity index (χ0n) is 26.5. The first-order valence-electron chi connectivity index (χ1n) is 16.3. The van der Waals surface area contributed by atoms with E-state index in [1.165, 1.54) is 66.9 Å². The highest BCUT2D eigenvalue weighted by Crippen LogP contribution is 2.38. The minimum Gasteiger partial charge on any atom is -0.477 e. The van der Waals surface area contributed by atoms with Crippen LogP contribution in [0.5, 0.6) is 5.88 Å². The van der Waals surface area contributed by atoms with E-state index < -0.39 is 36.4 Å². The Morgan fingerprint density at radius 3 is 2.00 bits per heavy atom. The number of carboxylic acids is 1. The van der Waals surface area contributed by atoms with E-state index in [2.05, 4.69) is 17.2 Å². The van der Waals surface area contributed by atoms with Crippen molar-refractivity contribution in [3.05, 3.63) is 17.8 Å². The Bertz CT molecular complexity index is 1070. The summed E-state index contributed by atoms with van der Waals surface area (Å²) in [6, 6.07) is 2.78. The minimum atomic E-state index is -2.70. The van der Waals surface area contributed by atoms with Crippen molar-refractivity contribution >= 4 is 17.6 Å². The molecule has 1 aliphatic carbocycles. The molecule has 0 radical (unpaired) electrons. The van der Waals surface area contributed by atoms with E-state index >= 15 is 0 Å². The summed E-state index contributed by atoms with van der Waals surface area (Å²) in [5, 5.41) is 12.3. The Kier molecular flexibility index (Phi) is 13.1. The Hall–Kier alpha value is -2.63. The lowest BCUT2D eigenvalue weighted by atomic mass is 9.89. The summed E-state index contributed by atoms with van der Waals surface area (Å²) in [6.07, 6.45) is 13.4. The van der Waals surface area contributed by atoms with Crippen molar-refractivity contribution in [2.45, 2.75) is 115 Å². The Labute approximate surface area is 258 Å². The second kappa shape index (κ2) is 16.1. The number of likely N-dealkylation sites (tertiary alicyclic amines) is 1. The van der Waals surface area contributed by atoms with Crippen LogP contribution in [-0.4, -0.2) is 83.6 Å². The number of amides is 1. The van der Waals surface area contributed by atoms with Crippen LogP contribution in [0.4, 0.5) is 23.2 Å². The quantitative estimate of drug-likeness (QED) is 0.136. The van der Waals surface area contributed by atoms with Gasteiger partial charge in [-0.1, -0.05) is 65.7 Å². The molecule has 4 rings (SSSR count). The molecule has 12 heteroatoms. The van der Waals surface area contributed by atoms with Gasteiger partial charge in [0.05, 0.1) is 38.3 Å². The number of ether oxygens (including phenoxy) is 1. The van der Waals surface area contributed by atoms with Crippen molar-refractivity contribution < 1.29 is 37.0 Å². The summed E-state index contributed by atoms with van der Waals surface area (Å²) >= 11 is 0. The highest BCUT2D eigenvalue weighted by Gasteiger charge is 2.50. The average molecular weight is 631 g/mol. The van der Waals surface area contributed by atoms with Crippen LogP contribution in [-0.2, 0) is 4.79 Å². The second-order valence-electron chi connectivity index (χ2n) is 12.5. The number of anilines is 1. The minimum absolute atomic E-state index is 0.132. The largest absolute Gasteiger partial charge is 0.477 e. The van der Waals surface area contributed by atoms with E-state index in [1.54, 1.807) is 0 Å². The van der Waals surface area contributed by atoms with Gasteiger partial charge in [-0.2, -0.15) is 0 Å². The number of carbonyl (C=O) groups is 2. The third-order valence-electron chi connectivity index (χ3n) is 8.64. The molecule has 8 nitrogen and oxygen atoms in total. The number of carbonyl (C=O) groups excluding carboxylic acids is 1. The topological polar surface area (TPSA) is 95.0 Å². The maximum atomic E-state index is 13.0. The summed E-state index contributed by atoms with van der Waals surface area (Å²) < 4.78 is 57.5. The van der Waals surface area contributed by atoms with Crippen molar-refractivity contribution in [2.24, 2.45) is 5.92 Å². The van der Waals surface area contributed by atoms with Gasteiger partial charge in [-0.25, -0.2) is 27.3 Å². The maximum Gasteiger partial charge on any atom is 0.354 e. The molecule has 1 saturated carbocycles. The van der Waals surface area contributed by atoms with Crippen molar-refractivity contribution in [3.63, 3.8) is 0 Å². The first-order valence-corrected chi connectivity index (χ1v) is 16.3. The zero-order chi connectivity index (χ0) is 32.4. The van der Waals surface area contributed by atoms with Crippen LogP contribution in [0.1, 0.15) is 108 Å². The number of rotatable bonds is 18. The van der Waals surface area contributed by atoms with Crippen molar-refractivity contribution in [1.29, 1.82) is 0 Å². The van der Waals surface area contributed by atoms with E-state index in [-0.39, 0.29) is 30.6 Å². The van der Waals surface area contributed by atoms with Crippen LogP contribution in [0, 0.1) is 5.92 Å². The molecule has 3 heterocycles. The van der Waals surface area contributed by atoms with Gasteiger partial charge in [0.25, 0.3) is 11.8 Å². The molecule has 2 N–H and O–H groups in total. The molecule has 0 aromatic carbocycles. The van der Waals surface area contributed by atoms with Gasteiger partial charge >= 0.3 is 5.97 Å². The standard InChI is InChI=1S/C19H36F2N2O.C13H14F2N2O3/c1-4-7-8-9-10-11-12-13-14-22-18(5-2,6-3)17(24)23-15-19(20,21)16-23;14-13(15)6-17(7-13)10-4-3-9(12(18)19)16-11(10)20-5-8-1-2-8/h22H,4-16H2,1-3H3;3-4,8H,1-2,5-7H2,(H,18,19). The Balaban J connectivity index is 0.000000243. The highest BCUT2D eigenvalue weighted by atomic mass is 19.3. The maximum absolute atomic E-state index is 13.0. The lowest BCUT2D eigenvalue weighted by Crippen LogP contribution is -2.66. The van der Waals surface area contributed by atoms with Crippen LogP contribution in [0.25, 0.3) is 0 Å². The lowest BCUT2D eigenvalue weighted by molar-refractivity contribution is -0.172. The van der Waals surface area contributed by atoms with Gasteiger partial charge in [-0.3, -0.25) is 4.79 Å². The number of carboxylic acid groups (broad SMARTS) is 1. The number of pyridine rings is 1. The van der Waals surface area contributed by atoms with Gasteiger partial charge < -0.3 is 25.0 Å². The van der Waals surface area contributed by atoms with E-state index in [4.69, 9.17) is 9.84 Å². The summed E-state index contributed by atoms with van der Waals surface area (Å²) in [4.78, 5) is 30.2. The predicted octanol–water partition coefficient (Wildman–Crippen LogP) is 6.78. The number of aromatic nitrogens is 1. The molecule has 2 saturated heterocycles. The monoisotopic (exact) mass is 630 g/mol. The van der Waals surface area contributed by atoms with Gasteiger partial charge in [0.1, 0.15) is 5.69 Å². The summed E-state index contributed by atoms with van der Waals surface area (Å²) in [5.74, 6) is -6.11. The third-order valence-corrected chi connectivity index (χ3v) is 8.64. The molecule has 0 atom stereocenters. The smallest absolute Gasteiger partial charge is 0.354 e. The van der Waals surface area contributed by atoms with Crippen LogP contribution >= 0.6 is 0 Å². The SMILES string of the molecule is CCCCCCCCCCNC(CC)(CC)C(=O)N1CC(F)(F)C1.O=C(O)c1ccc(N2CC(F)(F)C2)c(OCC2CC2)n1. The number of nitrogens with one attached hydrogen (secondary N) is 1. The van der Waals surface area contributed by atoms with Crippen molar-refractivity contribution in [1.82, 2.24) is 15.2 Å². The van der Waals surface area contributed by atoms with Crippen LogP contribution in [0.3, 0.4) is 0 Å². The number of halogens is 4. The van der Waals surface area contributed by atoms with Crippen LogP contribution in [0.15, 0.2) is 12.1 Å². The summed E-state index contributed by atoms with van der Waals surface area (Å²) in [5.41, 5.74) is -0.383. The van der Waals surface area contributed by atoms with E-state index in [0.717, 1.165) is 25.8 Å². The molecular weight excluding hydrogens is 580 g/mol. The van der Waals surface area contributed by atoms with Crippen LogP contribution in [0.2, 0.25) is 0 Å². The molecule has 3 fully saturated rings. The van der Waals surface area contributed by atoms with Crippen molar-refractivity contribution in [2.75, 3.05) is 44.2 Å². The molecule has 1 amide bonds. The zero-order valence-corrected chi connectivity index (χ0v) is 26.5. The Morgan fingerprint density at radius 2 is 1.50 bits per heavy atom. The average Bonchev–Trinajstić information content (AvgIpc) is 3.79. The fourth-order valence-corrected chi connectivity index (χ4v) is 5.49. The van der Waals surface area contributed by atoms with Gasteiger partial charge in [-0.15, -0.1) is 0 Å². The number of hydrogen-bond donors (Lipinski definition) is 2. The van der Waals surface area contributed by atoms with E-state index in [0.29, 0.717) is 31.1 Å². The predicted molar refractivity (Wildman–Crippen MR) is 162 cm³/mol. The first-order chi connectivity index (χ1) is 20.8. The molecule has 0 unspecified atom stereocenters. The van der Waals surface area contributed by atoms with Gasteiger partial charge in [-0.05, 0) is 56.7 Å². The normalized spacial score (nSPS) is 18.5. The van der Waals surface area contributed by atoms with Crippen LogP contribution < -0.4 is 15.0 Å². The summed E-state index contributed by atoms with van der Waals surface area (Å²) in [6.45, 7) is 5.75. The third kappa shape index (κ3) is 10.5. The molecule has 1 aromatic heterocycles. The second-order valence-corrected chi connectivity index (χ2v) is 12.5. The van der Waals surface area contributed by atoms with E-state index in [1.807, 2.05) is 13.8 Å². The first kappa shape index (κ1) is 35.8. The van der Waals surface area contributed by atoms with Gasteiger partial charge in [0.15, 0.2) is 5.69 Å². The fraction of sp³-hybridized carbons (Fsp3) is 0.781. The molecule has 0 spiro atoms. The molecular formula is C32H50F4N4O4. The fourth-order valence-electron chi connectivity index (χ4n) is 5.49. The number of alkyl halides is 4. The number of unbranched alkanes of at least 4 members (excludes halogenated alkanes) is 7. The lowest BCUT2D eigenvalue weighted by Gasteiger charge is -2.44.